The number of amides is 1. The fraction of sp³-hybridized carbons (Fsp3) is 0.462. The van der Waals surface area contributed by atoms with Crippen LogP contribution in [-0.2, 0) is 19.0 Å². The van der Waals surface area contributed by atoms with E-state index in [1.807, 2.05) is 0 Å². The molecule has 10 nitrogen and oxygen atoms in total. The highest BCUT2D eigenvalue weighted by molar-refractivity contribution is 7.86. The first-order chi connectivity index (χ1) is 11.0. The third-order valence-corrected chi connectivity index (χ3v) is 4.83. The Morgan fingerprint density at radius 2 is 2.04 bits per heavy atom. The van der Waals surface area contributed by atoms with Crippen LogP contribution in [0.2, 0.25) is 0 Å². The Morgan fingerprint density at radius 1 is 1.46 bits per heavy atom. The molecular weight excluding hydrogens is 344 g/mol. The molecule has 0 spiro atoms. The number of nitro groups is 1. The third kappa shape index (κ3) is 3.63. The van der Waals surface area contributed by atoms with Gasteiger partial charge in [0.2, 0.25) is 0 Å². The monoisotopic (exact) mass is 360 g/mol. The van der Waals surface area contributed by atoms with E-state index in [-0.39, 0.29) is 17.2 Å². The van der Waals surface area contributed by atoms with Crippen molar-refractivity contribution < 1.29 is 32.2 Å². The lowest BCUT2D eigenvalue weighted by Gasteiger charge is -2.30. The molecule has 132 valence electrons. The SMILES string of the molecule is CC1(C)OC[C@H](COS(=O)(=O)c2ccc([N+](=O)[O-])cc2)N1C(=O)O. The fourth-order valence-electron chi connectivity index (χ4n) is 2.36. The minimum atomic E-state index is -4.17. The molecule has 11 heteroatoms. The largest absolute Gasteiger partial charge is 0.465 e. The minimum absolute atomic E-state index is 0.00488. The van der Waals surface area contributed by atoms with Gasteiger partial charge in [-0.25, -0.2) is 4.79 Å². The minimum Gasteiger partial charge on any atom is -0.465 e. The summed E-state index contributed by atoms with van der Waals surface area (Å²) in [7, 11) is -4.17. The van der Waals surface area contributed by atoms with Crippen molar-refractivity contribution >= 4 is 21.9 Å². The molecule has 1 amide bonds. The van der Waals surface area contributed by atoms with Crippen molar-refractivity contribution in [2.75, 3.05) is 13.2 Å². The van der Waals surface area contributed by atoms with E-state index >= 15 is 0 Å². The van der Waals surface area contributed by atoms with Crippen LogP contribution in [0.5, 0.6) is 0 Å². The van der Waals surface area contributed by atoms with Crippen LogP contribution in [0.25, 0.3) is 0 Å². The van der Waals surface area contributed by atoms with E-state index in [1.165, 1.54) is 0 Å². The molecule has 0 saturated carbocycles. The first-order valence-electron chi connectivity index (χ1n) is 6.85. The highest BCUT2D eigenvalue weighted by Crippen LogP contribution is 2.28. The molecule has 1 aromatic carbocycles. The number of benzene rings is 1. The van der Waals surface area contributed by atoms with Crippen LogP contribution in [0.1, 0.15) is 13.8 Å². The van der Waals surface area contributed by atoms with Gasteiger partial charge in [0, 0.05) is 12.1 Å². The summed E-state index contributed by atoms with van der Waals surface area (Å²) in [4.78, 5) is 21.9. The number of nitro benzene ring substituents is 1. The van der Waals surface area contributed by atoms with Crippen LogP contribution in [0.3, 0.4) is 0 Å². The second-order valence-electron chi connectivity index (χ2n) is 5.55. The molecule has 0 radical (unpaired) electrons. The second-order valence-corrected chi connectivity index (χ2v) is 7.17. The number of hydrogen-bond donors (Lipinski definition) is 1. The van der Waals surface area contributed by atoms with Gasteiger partial charge < -0.3 is 9.84 Å². The van der Waals surface area contributed by atoms with Crippen LogP contribution in [-0.4, -0.2) is 54.4 Å². The van der Waals surface area contributed by atoms with E-state index in [1.54, 1.807) is 13.8 Å². The molecule has 1 heterocycles. The van der Waals surface area contributed by atoms with E-state index in [0.717, 1.165) is 29.2 Å². The quantitative estimate of drug-likeness (QED) is 0.473. The van der Waals surface area contributed by atoms with Crippen molar-refractivity contribution in [1.29, 1.82) is 0 Å². The van der Waals surface area contributed by atoms with Gasteiger partial charge in [-0.15, -0.1) is 0 Å². The zero-order chi connectivity index (χ0) is 18.1. The molecule has 0 aromatic heterocycles. The molecule has 0 unspecified atom stereocenters. The summed E-state index contributed by atoms with van der Waals surface area (Å²) in [6, 6.07) is 3.41. The summed E-state index contributed by atoms with van der Waals surface area (Å²) < 4.78 is 34.4. The van der Waals surface area contributed by atoms with E-state index in [4.69, 9.17) is 8.92 Å². The molecular formula is C13H16N2O8S. The van der Waals surface area contributed by atoms with Gasteiger partial charge in [0.05, 0.1) is 29.1 Å². The third-order valence-electron chi connectivity index (χ3n) is 3.53. The first-order valence-corrected chi connectivity index (χ1v) is 8.25. The van der Waals surface area contributed by atoms with Crippen molar-refractivity contribution in [1.82, 2.24) is 4.90 Å². The maximum atomic E-state index is 12.1. The maximum absolute atomic E-state index is 12.1. The van der Waals surface area contributed by atoms with Crippen molar-refractivity contribution in [2.45, 2.75) is 30.5 Å². The van der Waals surface area contributed by atoms with E-state index in [0.29, 0.717) is 0 Å². The lowest BCUT2D eigenvalue weighted by molar-refractivity contribution is -0.384. The molecule has 0 bridgehead atoms. The average Bonchev–Trinajstić information content (AvgIpc) is 2.80. The smallest absolute Gasteiger partial charge is 0.409 e. The van der Waals surface area contributed by atoms with Gasteiger partial charge in [-0.1, -0.05) is 0 Å². The highest BCUT2D eigenvalue weighted by Gasteiger charge is 2.44. The number of hydrogen-bond acceptors (Lipinski definition) is 7. The zero-order valence-electron chi connectivity index (χ0n) is 12.9. The molecule has 1 saturated heterocycles. The lowest BCUT2D eigenvalue weighted by atomic mass is 10.2. The van der Waals surface area contributed by atoms with Gasteiger partial charge in [0.25, 0.3) is 15.8 Å². The fourth-order valence-corrected chi connectivity index (χ4v) is 3.31. The Hall–Kier alpha value is -2.24. The van der Waals surface area contributed by atoms with Gasteiger partial charge >= 0.3 is 6.09 Å². The number of carboxylic acid groups (broad SMARTS) is 1. The number of ether oxygens (including phenoxy) is 1. The molecule has 0 aliphatic carbocycles. The van der Waals surface area contributed by atoms with Crippen molar-refractivity contribution in [3.63, 3.8) is 0 Å². The summed E-state index contributed by atoms with van der Waals surface area (Å²) >= 11 is 0. The highest BCUT2D eigenvalue weighted by atomic mass is 32.2. The Balaban J connectivity index is 2.10. The Morgan fingerprint density at radius 3 is 2.54 bits per heavy atom. The van der Waals surface area contributed by atoms with Crippen molar-refractivity contribution in [3.05, 3.63) is 34.4 Å². The van der Waals surface area contributed by atoms with E-state index in [2.05, 4.69) is 0 Å². The van der Waals surface area contributed by atoms with Gasteiger partial charge in [-0.3, -0.25) is 19.2 Å². The van der Waals surface area contributed by atoms with Crippen LogP contribution < -0.4 is 0 Å². The predicted molar refractivity (Wildman–Crippen MR) is 79.9 cm³/mol. The normalized spacial score (nSPS) is 20.1. The molecule has 1 aliphatic heterocycles. The summed E-state index contributed by atoms with van der Waals surface area (Å²) in [6.07, 6.45) is -1.25. The Kier molecular flexibility index (Phi) is 4.78. The number of nitrogens with zero attached hydrogens (tertiary/aromatic N) is 2. The summed E-state index contributed by atoms with van der Waals surface area (Å²) in [6.45, 7) is 2.67. The molecule has 1 aromatic rings. The summed E-state index contributed by atoms with van der Waals surface area (Å²) in [5, 5.41) is 19.8. The summed E-state index contributed by atoms with van der Waals surface area (Å²) in [5.41, 5.74) is -1.34. The maximum Gasteiger partial charge on any atom is 0.409 e. The summed E-state index contributed by atoms with van der Waals surface area (Å²) in [5.74, 6) is 0. The predicted octanol–water partition coefficient (Wildman–Crippen LogP) is 1.42. The molecule has 2 rings (SSSR count). The van der Waals surface area contributed by atoms with Crippen LogP contribution in [0.4, 0.5) is 10.5 Å². The van der Waals surface area contributed by atoms with Gasteiger partial charge in [-0.2, -0.15) is 8.42 Å². The van der Waals surface area contributed by atoms with Gasteiger partial charge in [-0.05, 0) is 26.0 Å². The van der Waals surface area contributed by atoms with E-state index < -0.39 is 39.5 Å². The van der Waals surface area contributed by atoms with Crippen LogP contribution in [0, 0.1) is 10.1 Å². The zero-order valence-corrected chi connectivity index (χ0v) is 13.7. The molecule has 1 atom stereocenters. The Labute approximate surface area is 137 Å². The molecule has 1 aliphatic rings. The van der Waals surface area contributed by atoms with Crippen LogP contribution >= 0.6 is 0 Å². The number of rotatable bonds is 5. The van der Waals surface area contributed by atoms with Crippen molar-refractivity contribution in [3.8, 4) is 0 Å². The van der Waals surface area contributed by atoms with Crippen LogP contribution in [0.15, 0.2) is 29.2 Å². The lowest BCUT2D eigenvalue weighted by Crippen LogP contribution is -2.48. The molecule has 24 heavy (non-hydrogen) atoms. The second kappa shape index (κ2) is 6.34. The number of carbonyl (C=O) groups is 1. The number of non-ortho nitro benzene ring substituents is 1. The van der Waals surface area contributed by atoms with Crippen molar-refractivity contribution in [2.24, 2.45) is 0 Å². The van der Waals surface area contributed by atoms with E-state index in [9.17, 15) is 28.4 Å². The molecule has 1 N–H and O–H groups in total. The average molecular weight is 360 g/mol. The van der Waals surface area contributed by atoms with Gasteiger partial charge in [0.15, 0.2) is 0 Å². The standard InChI is InChI=1S/C13H16N2O8S/c1-13(2)14(12(16)17)10(7-22-13)8-23-24(20,21)11-5-3-9(4-6-11)15(18)19/h3-6,10H,7-8H2,1-2H3,(H,16,17)/t10-/m1/s1. The Bertz CT molecular complexity index is 744. The van der Waals surface area contributed by atoms with Gasteiger partial charge in [0.1, 0.15) is 5.72 Å². The molecule has 1 fully saturated rings. The first kappa shape index (κ1) is 18.1. The topological polar surface area (TPSA) is 136 Å².